The first-order chi connectivity index (χ1) is 11.4. The van der Waals surface area contributed by atoms with Crippen molar-refractivity contribution in [2.75, 3.05) is 65.2 Å². The van der Waals surface area contributed by atoms with Crippen LogP contribution < -0.4 is 4.72 Å². The number of piperazine rings is 1. The quantitative estimate of drug-likeness (QED) is 0.644. The van der Waals surface area contributed by atoms with Crippen molar-refractivity contribution in [1.29, 1.82) is 0 Å². The summed E-state index contributed by atoms with van der Waals surface area (Å²) in [6.45, 7) is 7.52. The fourth-order valence-corrected chi connectivity index (χ4v) is 3.86. The Kier molecular flexibility index (Phi) is 7.93. The fourth-order valence-electron chi connectivity index (χ4n) is 3.34. The van der Waals surface area contributed by atoms with E-state index in [4.69, 9.17) is 0 Å². The summed E-state index contributed by atoms with van der Waals surface area (Å²) in [5, 5.41) is 0. The van der Waals surface area contributed by atoms with Gasteiger partial charge in [0, 0.05) is 45.8 Å². The molecule has 24 heavy (non-hydrogen) atoms. The van der Waals surface area contributed by atoms with Crippen LogP contribution in [0.5, 0.6) is 0 Å². The molecule has 0 saturated carbocycles. The molecule has 140 valence electrons. The van der Waals surface area contributed by atoms with E-state index in [2.05, 4.69) is 14.5 Å². The molecule has 2 fully saturated rings. The third kappa shape index (κ3) is 7.46. The van der Waals surface area contributed by atoms with Gasteiger partial charge in [0.05, 0.1) is 12.8 Å². The van der Waals surface area contributed by atoms with Crippen molar-refractivity contribution in [3.05, 3.63) is 0 Å². The Bertz CT molecular complexity index is 482. The highest BCUT2D eigenvalue weighted by Crippen LogP contribution is 2.11. The van der Waals surface area contributed by atoms with Crippen molar-refractivity contribution in [3.8, 4) is 0 Å². The maximum atomic E-state index is 12.4. The van der Waals surface area contributed by atoms with E-state index in [-0.39, 0.29) is 5.91 Å². The van der Waals surface area contributed by atoms with Gasteiger partial charge in [0.15, 0.2) is 0 Å². The van der Waals surface area contributed by atoms with Crippen molar-refractivity contribution in [3.63, 3.8) is 0 Å². The van der Waals surface area contributed by atoms with Crippen molar-refractivity contribution in [1.82, 2.24) is 19.4 Å². The summed E-state index contributed by atoms with van der Waals surface area (Å²) in [7, 11) is -3.08. The lowest BCUT2D eigenvalue weighted by Gasteiger charge is -2.35. The third-order valence-corrected chi connectivity index (χ3v) is 5.53. The Morgan fingerprint density at radius 2 is 1.50 bits per heavy atom. The van der Waals surface area contributed by atoms with Gasteiger partial charge in [-0.2, -0.15) is 0 Å². The van der Waals surface area contributed by atoms with Crippen LogP contribution in [0.15, 0.2) is 0 Å². The van der Waals surface area contributed by atoms with Crippen LogP contribution in [0.25, 0.3) is 0 Å². The van der Waals surface area contributed by atoms with Gasteiger partial charge in [0.25, 0.3) is 0 Å². The SMILES string of the molecule is CS(=O)(=O)NCCCN1CCN(CC(=O)N2CCCCCC2)CC1. The van der Waals surface area contributed by atoms with E-state index in [0.717, 1.165) is 65.1 Å². The van der Waals surface area contributed by atoms with Crippen LogP contribution in [0.2, 0.25) is 0 Å². The van der Waals surface area contributed by atoms with Crippen molar-refractivity contribution < 1.29 is 13.2 Å². The van der Waals surface area contributed by atoms with Gasteiger partial charge >= 0.3 is 0 Å². The molecule has 2 aliphatic heterocycles. The minimum absolute atomic E-state index is 0.280. The number of sulfonamides is 1. The zero-order chi connectivity index (χ0) is 17.4. The number of hydrogen-bond donors (Lipinski definition) is 1. The summed E-state index contributed by atoms with van der Waals surface area (Å²) >= 11 is 0. The topological polar surface area (TPSA) is 73.0 Å². The van der Waals surface area contributed by atoms with Crippen molar-refractivity contribution in [2.45, 2.75) is 32.1 Å². The van der Waals surface area contributed by atoms with Gasteiger partial charge in [-0.3, -0.25) is 9.69 Å². The number of amides is 1. The Balaban J connectivity index is 1.61. The van der Waals surface area contributed by atoms with Crippen LogP contribution in [0, 0.1) is 0 Å². The first-order valence-corrected chi connectivity index (χ1v) is 11.0. The molecule has 0 atom stereocenters. The van der Waals surface area contributed by atoms with E-state index in [1.807, 2.05) is 4.90 Å². The number of nitrogens with zero attached hydrogens (tertiary/aromatic N) is 3. The highest BCUT2D eigenvalue weighted by molar-refractivity contribution is 7.88. The molecule has 2 heterocycles. The lowest BCUT2D eigenvalue weighted by Crippen LogP contribution is -2.50. The van der Waals surface area contributed by atoms with E-state index in [9.17, 15) is 13.2 Å². The second-order valence-corrected chi connectivity index (χ2v) is 8.77. The molecule has 2 saturated heterocycles. The number of hydrogen-bond acceptors (Lipinski definition) is 5. The first-order valence-electron chi connectivity index (χ1n) is 9.11. The van der Waals surface area contributed by atoms with Crippen molar-refractivity contribution in [2.24, 2.45) is 0 Å². The molecule has 0 aromatic rings. The second kappa shape index (κ2) is 9.70. The van der Waals surface area contributed by atoms with Crippen LogP contribution in [-0.4, -0.2) is 94.2 Å². The number of rotatable bonds is 7. The lowest BCUT2D eigenvalue weighted by atomic mass is 10.2. The van der Waals surface area contributed by atoms with Gasteiger partial charge in [0.1, 0.15) is 0 Å². The second-order valence-electron chi connectivity index (χ2n) is 6.93. The summed E-state index contributed by atoms with van der Waals surface area (Å²) in [5.41, 5.74) is 0. The van der Waals surface area contributed by atoms with Crippen molar-refractivity contribution >= 4 is 15.9 Å². The number of carbonyl (C=O) groups is 1. The minimum atomic E-state index is -3.08. The fraction of sp³-hybridized carbons (Fsp3) is 0.938. The minimum Gasteiger partial charge on any atom is -0.342 e. The molecule has 0 bridgehead atoms. The largest absolute Gasteiger partial charge is 0.342 e. The van der Waals surface area contributed by atoms with Crippen LogP contribution >= 0.6 is 0 Å². The molecular weight excluding hydrogens is 328 g/mol. The van der Waals surface area contributed by atoms with Gasteiger partial charge in [-0.05, 0) is 25.8 Å². The molecule has 2 rings (SSSR count). The van der Waals surface area contributed by atoms with Crippen LogP contribution in [-0.2, 0) is 14.8 Å². The first kappa shape index (κ1) is 19.6. The third-order valence-electron chi connectivity index (χ3n) is 4.80. The molecule has 0 unspecified atom stereocenters. The highest BCUT2D eigenvalue weighted by Gasteiger charge is 2.22. The molecule has 0 spiro atoms. The van der Waals surface area contributed by atoms with Gasteiger partial charge in [-0.25, -0.2) is 13.1 Å². The Morgan fingerprint density at radius 1 is 0.917 bits per heavy atom. The van der Waals surface area contributed by atoms with E-state index in [0.29, 0.717) is 13.1 Å². The molecule has 7 nitrogen and oxygen atoms in total. The smallest absolute Gasteiger partial charge is 0.236 e. The van der Waals surface area contributed by atoms with Gasteiger partial charge in [0.2, 0.25) is 15.9 Å². The summed E-state index contributed by atoms with van der Waals surface area (Å²) in [6, 6.07) is 0. The molecule has 2 aliphatic rings. The number of carbonyl (C=O) groups excluding carboxylic acids is 1. The molecule has 0 radical (unpaired) electrons. The Labute approximate surface area is 146 Å². The van der Waals surface area contributed by atoms with Crippen LogP contribution in [0.4, 0.5) is 0 Å². The molecular formula is C16H32N4O3S. The summed E-state index contributed by atoms with van der Waals surface area (Å²) in [5.74, 6) is 0.280. The predicted molar refractivity (Wildman–Crippen MR) is 95.4 cm³/mol. The average Bonchev–Trinajstić information content (AvgIpc) is 2.81. The summed E-state index contributed by atoms with van der Waals surface area (Å²) < 4.78 is 24.5. The standard InChI is InChI=1S/C16H32N4O3S/c1-24(22,23)17-7-6-8-18-11-13-19(14-12-18)15-16(21)20-9-4-2-3-5-10-20/h17H,2-15H2,1H3. The maximum absolute atomic E-state index is 12.4. The molecule has 0 aromatic carbocycles. The Morgan fingerprint density at radius 3 is 2.08 bits per heavy atom. The lowest BCUT2D eigenvalue weighted by molar-refractivity contribution is -0.132. The van der Waals surface area contributed by atoms with E-state index < -0.39 is 10.0 Å². The molecule has 1 amide bonds. The normalized spacial score (nSPS) is 21.6. The molecule has 8 heteroatoms. The summed E-state index contributed by atoms with van der Waals surface area (Å²) in [4.78, 5) is 19.0. The van der Waals surface area contributed by atoms with E-state index in [1.165, 1.54) is 19.1 Å². The molecule has 1 N–H and O–H groups in total. The molecule has 0 aromatic heterocycles. The average molecular weight is 361 g/mol. The predicted octanol–water partition coefficient (Wildman–Crippen LogP) is -0.0541. The number of nitrogens with one attached hydrogen (secondary N) is 1. The highest BCUT2D eigenvalue weighted by atomic mass is 32.2. The van der Waals surface area contributed by atoms with Gasteiger partial charge < -0.3 is 9.80 Å². The maximum Gasteiger partial charge on any atom is 0.236 e. The number of likely N-dealkylation sites (tertiary alicyclic amines) is 1. The zero-order valence-electron chi connectivity index (χ0n) is 14.9. The zero-order valence-corrected chi connectivity index (χ0v) is 15.7. The van der Waals surface area contributed by atoms with Crippen LogP contribution in [0.3, 0.4) is 0 Å². The van der Waals surface area contributed by atoms with Crippen LogP contribution in [0.1, 0.15) is 32.1 Å². The Hall–Kier alpha value is -0.700. The summed E-state index contributed by atoms with van der Waals surface area (Å²) in [6.07, 6.45) is 6.78. The van der Waals surface area contributed by atoms with Gasteiger partial charge in [-0.15, -0.1) is 0 Å². The monoisotopic (exact) mass is 360 g/mol. The van der Waals surface area contributed by atoms with E-state index >= 15 is 0 Å². The van der Waals surface area contributed by atoms with E-state index in [1.54, 1.807) is 0 Å². The van der Waals surface area contributed by atoms with Gasteiger partial charge in [-0.1, -0.05) is 12.8 Å². The molecule has 0 aliphatic carbocycles.